The fourth-order valence-corrected chi connectivity index (χ4v) is 2.93. The number of hydrogen-bond donors (Lipinski definition) is 0. The summed E-state index contributed by atoms with van der Waals surface area (Å²) in [5.41, 5.74) is 1.69. The van der Waals surface area contributed by atoms with Gasteiger partial charge in [-0.25, -0.2) is 0 Å². The van der Waals surface area contributed by atoms with Gasteiger partial charge in [0.2, 0.25) is 5.91 Å². The summed E-state index contributed by atoms with van der Waals surface area (Å²) in [5, 5.41) is 12.4. The van der Waals surface area contributed by atoms with Crippen LogP contribution in [-0.2, 0) is 11.2 Å². The van der Waals surface area contributed by atoms with Crippen molar-refractivity contribution in [1.29, 1.82) is 0 Å². The molecule has 8 nitrogen and oxygen atoms in total. The summed E-state index contributed by atoms with van der Waals surface area (Å²) in [7, 11) is 3.88. The largest absolute Gasteiger partial charge is 0.361 e. The van der Waals surface area contributed by atoms with Gasteiger partial charge in [-0.3, -0.25) is 4.79 Å². The SMILES string of the molecule is Cc1noc(C)c1CC(=O)N1CCN(c2ccc(N(C)C)nn2)CC1. The third-order valence-corrected chi connectivity index (χ3v) is 4.56. The molecule has 0 radical (unpaired) electrons. The van der Waals surface area contributed by atoms with Crippen molar-refractivity contribution in [3.05, 3.63) is 29.2 Å². The Kier molecular flexibility index (Phi) is 4.87. The summed E-state index contributed by atoms with van der Waals surface area (Å²) in [6.07, 6.45) is 0.346. The van der Waals surface area contributed by atoms with Gasteiger partial charge in [-0.2, -0.15) is 0 Å². The van der Waals surface area contributed by atoms with Crippen molar-refractivity contribution in [2.24, 2.45) is 0 Å². The number of carbonyl (C=O) groups is 1. The third-order valence-electron chi connectivity index (χ3n) is 4.56. The maximum atomic E-state index is 12.5. The van der Waals surface area contributed by atoms with Crippen molar-refractivity contribution in [2.75, 3.05) is 50.1 Å². The van der Waals surface area contributed by atoms with Crippen LogP contribution >= 0.6 is 0 Å². The number of piperazine rings is 1. The van der Waals surface area contributed by atoms with Crippen molar-refractivity contribution in [1.82, 2.24) is 20.3 Å². The molecule has 3 heterocycles. The van der Waals surface area contributed by atoms with Gasteiger partial charge >= 0.3 is 0 Å². The molecule has 1 fully saturated rings. The van der Waals surface area contributed by atoms with Gasteiger partial charge in [-0.15, -0.1) is 10.2 Å². The third kappa shape index (κ3) is 3.72. The lowest BCUT2D eigenvalue weighted by molar-refractivity contribution is -0.130. The van der Waals surface area contributed by atoms with Crippen LogP contribution in [-0.4, -0.2) is 66.4 Å². The molecule has 8 heteroatoms. The number of nitrogens with zero attached hydrogens (tertiary/aromatic N) is 6. The smallest absolute Gasteiger partial charge is 0.227 e. The van der Waals surface area contributed by atoms with E-state index in [9.17, 15) is 4.79 Å². The van der Waals surface area contributed by atoms with Gasteiger partial charge in [0.25, 0.3) is 0 Å². The standard InChI is InChI=1S/C17H24N6O2/c1-12-14(13(2)25-20-12)11-17(24)23-9-7-22(8-10-23)16-6-5-15(18-19-16)21(3)4/h5-6H,7-11H2,1-4H3. The maximum absolute atomic E-state index is 12.5. The first kappa shape index (κ1) is 17.2. The monoisotopic (exact) mass is 344 g/mol. The minimum atomic E-state index is 0.114. The first-order valence-corrected chi connectivity index (χ1v) is 8.41. The predicted molar refractivity (Wildman–Crippen MR) is 94.8 cm³/mol. The van der Waals surface area contributed by atoms with E-state index < -0.39 is 0 Å². The first-order valence-electron chi connectivity index (χ1n) is 8.41. The van der Waals surface area contributed by atoms with Gasteiger partial charge in [-0.1, -0.05) is 5.16 Å². The van der Waals surface area contributed by atoms with Gasteiger partial charge in [0.1, 0.15) is 5.76 Å². The van der Waals surface area contributed by atoms with Crippen LogP contribution in [0, 0.1) is 13.8 Å². The van der Waals surface area contributed by atoms with Crippen LogP contribution in [0.3, 0.4) is 0 Å². The van der Waals surface area contributed by atoms with E-state index in [2.05, 4.69) is 20.3 Å². The van der Waals surface area contributed by atoms with E-state index in [1.165, 1.54) is 0 Å². The number of aryl methyl sites for hydroxylation is 2. The molecule has 25 heavy (non-hydrogen) atoms. The Labute approximate surface area is 147 Å². The van der Waals surface area contributed by atoms with Gasteiger partial charge in [0.15, 0.2) is 11.6 Å². The molecule has 2 aromatic rings. The van der Waals surface area contributed by atoms with E-state index >= 15 is 0 Å². The highest BCUT2D eigenvalue weighted by Gasteiger charge is 2.24. The zero-order chi connectivity index (χ0) is 18.0. The Bertz CT molecular complexity index is 713. The minimum absolute atomic E-state index is 0.114. The molecule has 0 bridgehead atoms. The average Bonchev–Trinajstić information content (AvgIpc) is 2.94. The maximum Gasteiger partial charge on any atom is 0.227 e. The number of aromatic nitrogens is 3. The summed E-state index contributed by atoms with van der Waals surface area (Å²) in [4.78, 5) is 18.5. The molecule has 0 aromatic carbocycles. The van der Waals surface area contributed by atoms with Crippen LogP contribution < -0.4 is 9.80 Å². The lowest BCUT2D eigenvalue weighted by Crippen LogP contribution is -2.49. The van der Waals surface area contributed by atoms with Gasteiger partial charge in [0.05, 0.1) is 12.1 Å². The Balaban J connectivity index is 1.57. The quantitative estimate of drug-likeness (QED) is 0.820. The van der Waals surface area contributed by atoms with E-state index in [1.54, 1.807) is 0 Å². The summed E-state index contributed by atoms with van der Waals surface area (Å²) in [6, 6.07) is 3.93. The second-order valence-corrected chi connectivity index (χ2v) is 6.49. The molecule has 1 saturated heterocycles. The Morgan fingerprint density at radius 1 is 1.16 bits per heavy atom. The molecule has 0 aliphatic carbocycles. The Morgan fingerprint density at radius 3 is 2.40 bits per heavy atom. The van der Waals surface area contributed by atoms with E-state index in [-0.39, 0.29) is 5.91 Å². The second kappa shape index (κ2) is 7.08. The Hall–Kier alpha value is -2.64. The van der Waals surface area contributed by atoms with Crippen molar-refractivity contribution in [3.8, 4) is 0 Å². The van der Waals surface area contributed by atoms with E-state index in [4.69, 9.17) is 4.52 Å². The average molecular weight is 344 g/mol. The molecule has 0 spiro atoms. The molecule has 0 atom stereocenters. The van der Waals surface area contributed by atoms with Gasteiger partial charge in [0, 0.05) is 45.8 Å². The van der Waals surface area contributed by atoms with Crippen LogP contribution in [0.25, 0.3) is 0 Å². The zero-order valence-corrected chi connectivity index (χ0v) is 15.2. The molecule has 0 N–H and O–H groups in total. The summed E-state index contributed by atoms with van der Waals surface area (Å²) < 4.78 is 5.14. The fourth-order valence-electron chi connectivity index (χ4n) is 2.93. The molecule has 1 aliphatic heterocycles. The molecular formula is C17H24N6O2. The molecule has 0 saturated carbocycles. The van der Waals surface area contributed by atoms with Crippen LogP contribution in [0.4, 0.5) is 11.6 Å². The fraction of sp³-hybridized carbons (Fsp3) is 0.529. The van der Waals surface area contributed by atoms with E-state index in [0.29, 0.717) is 19.5 Å². The Morgan fingerprint density at radius 2 is 1.88 bits per heavy atom. The number of rotatable bonds is 4. The minimum Gasteiger partial charge on any atom is -0.361 e. The van der Waals surface area contributed by atoms with Crippen molar-refractivity contribution in [2.45, 2.75) is 20.3 Å². The number of hydrogen-bond acceptors (Lipinski definition) is 7. The van der Waals surface area contributed by atoms with Gasteiger partial charge in [-0.05, 0) is 26.0 Å². The van der Waals surface area contributed by atoms with Crippen molar-refractivity contribution < 1.29 is 9.32 Å². The summed E-state index contributed by atoms with van der Waals surface area (Å²) in [5.74, 6) is 2.52. The van der Waals surface area contributed by atoms with Crippen molar-refractivity contribution >= 4 is 17.5 Å². The molecule has 134 valence electrons. The van der Waals surface area contributed by atoms with Crippen LogP contribution in [0.5, 0.6) is 0 Å². The topological polar surface area (TPSA) is 78.6 Å². The van der Waals surface area contributed by atoms with Crippen LogP contribution in [0.15, 0.2) is 16.7 Å². The molecule has 1 amide bonds. The predicted octanol–water partition coefficient (Wildman–Crippen LogP) is 1.04. The molecule has 2 aromatic heterocycles. The number of anilines is 2. The van der Waals surface area contributed by atoms with Gasteiger partial charge < -0.3 is 19.2 Å². The lowest BCUT2D eigenvalue weighted by Gasteiger charge is -2.35. The molecule has 0 unspecified atom stereocenters. The van der Waals surface area contributed by atoms with Crippen LogP contribution in [0.1, 0.15) is 17.0 Å². The summed E-state index contributed by atoms with van der Waals surface area (Å²) >= 11 is 0. The normalized spacial score (nSPS) is 14.7. The van der Waals surface area contributed by atoms with Crippen molar-refractivity contribution in [3.63, 3.8) is 0 Å². The number of amides is 1. The molecule has 1 aliphatic rings. The zero-order valence-electron chi connectivity index (χ0n) is 15.2. The van der Waals surface area contributed by atoms with E-state index in [0.717, 1.165) is 41.7 Å². The lowest BCUT2D eigenvalue weighted by atomic mass is 10.1. The number of carbonyl (C=O) groups excluding carboxylic acids is 1. The molecular weight excluding hydrogens is 320 g/mol. The molecule has 3 rings (SSSR count). The second-order valence-electron chi connectivity index (χ2n) is 6.49. The summed E-state index contributed by atoms with van der Waals surface area (Å²) in [6.45, 7) is 6.58. The van der Waals surface area contributed by atoms with Crippen LogP contribution in [0.2, 0.25) is 0 Å². The first-order chi connectivity index (χ1) is 12.0. The van der Waals surface area contributed by atoms with E-state index in [1.807, 2.05) is 49.9 Å². The highest BCUT2D eigenvalue weighted by Crippen LogP contribution is 2.17. The highest BCUT2D eigenvalue weighted by molar-refractivity contribution is 5.79. The highest BCUT2D eigenvalue weighted by atomic mass is 16.5.